The van der Waals surface area contributed by atoms with E-state index in [9.17, 15) is 4.79 Å². The van der Waals surface area contributed by atoms with Gasteiger partial charge < -0.3 is 20.5 Å². The Hall–Kier alpha value is -1.47. The van der Waals surface area contributed by atoms with E-state index in [0.29, 0.717) is 12.0 Å². The Kier molecular flexibility index (Phi) is 4.54. The minimum Gasteiger partial charge on any atom is -0.347 e. The maximum absolute atomic E-state index is 12.6. The molecule has 3 aliphatic heterocycles. The van der Waals surface area contributed by atoms with Crippen LogP contribution in [0, 0.1) is 5.41 Å². The number of hydrogen-bond donors (Lipinski definition) is 3. The Bertz CT molecular complexity index is 592. The summed E-state index contributed by atoms with van der Waals surface area (Å²) in [4.78, 5) is 12.6. The van der Waals surface area contributed by atoms with Crippen molar-refractivity contribution in [3.05, 3.63) is 11.6 Å². The first kappa shape index (κ1) is 16.0. The highest BCUT2D eigenvalue weighted by atomic mass is 16.2. The minimum absolute atomic E-state index is 0.0605. The average molecular weight is 332 g/mol. The molecule has 1 atom stereocenters. The highest BCUT2D eigenvalue weighted by molar-refractivity contribution is 5.82. The van der Waals surface area contributed by atoms with Gasteiger partial charge in [-0.25, -0.2) is 0 Å². The summed E-state index contributed by atoms with van der Waals surface area (Å²) in [5.41, 5.74) is 0.319. The second-order valence-electron chi connectivity index (χ2n) is 7.60. The third-order valence-corrected chi connectivity index (χ3v) is 5.95. The molecule has 0 radical (unpaired) electrons. The Labute approximate surface area is 143 Å². The summed E-state index contributed by atoms with van der Waals surface area (Å²) in [6, 6.07) is -0.0605. The van der Waals surface area contributed by atoms with Crippen LogP contribution in [-0.2, 0) is 24.3 Å². The van der Waals surface area contributed by atoms with Crippen LogP contribution in [0.25, 0.3) is 0 Å². The maximum Gasteiger partial charge on any atom is 0.237 e. The first-order valence-electron chi connectivity index (χ1n) is 9.39. The topological polar surface area (TPSA) is 83.9 Å². The Balaban J connectivity index is 1.33. The quantitative estimate of drug-likeness (QED) is 0.744. The van der Waals surface area contributed by atoms with E-state index in [0.717, 1.165) is 50.7 Å². The molecule has 132 valence electrons. The van der Waals surface area contributed by atoms with Crippen LogP contribution in [0.15, 0.2) is 0 Å². The molecule has 0 bridgehead atoms. The molecule has 1 unspecified atom stereocenters. The smallest absolute Gasteiger partial charge is 0.237 e. The van der Waals surface area contributed by atoms with Crippen molar-refractivity contribution in [1.29, 1.82) is 0 Å². The standard InChI is InChI=1S/C17H28N6O/c24-16(13-10-17(12-20-13)5-7-18-8-6-17)19-11-15-22-21-14-4-2-1-3-9-23(14)15/h13,18,20H,1-12H2,(H,19,24). The fourth-order valence-corrected chi connectivity index (χ4v) is 4.41. The van der Waals surface area contributed by atoms with Crippen molar-refractivity contribution in [2.75, 3.05) is 19.6 Å². The summed E-state index contributed by atoms with van der Waals surface area (Å²) in [6.07, 6.45) is 7.90. The number of aryl methyl sites for hydroxylation is 1. The van der Waals surface area contributed by atoms with E-state index in [1.165, 1.54) is 32.1 Å². The minimum atomic E-state index is -0.0605. The molecule has 7 heteroatoms. The van der Waals surface area contributed by atoms with Gasteiger partial charge in [0.2, 0.25) is 5.91 Å². The third-order valence-electron chi connectivity index (χ3n) is 5.95. The number of carbonyl (C=O) groups excluding carboxylic acids is 1. The van der Waals surface area contributed by atoms with Gasteiger partial charge in [0.05, 0.1) is 12.6 Å². The molecule has 1 amide bonds. The molecule has 0 aliphatic carbocycles. The fraction of sp³-hybridized carbons (Fsp3) is 0.824. The van der Waals surface area contributed by atoms with Crippen molar-refractivity contribution in [2.45, 2.75) is 64.1 Å². The van der Waals surface area contributed by atoms with E-state index in [1.807, 2.05) is 0 Å². The molecule has 24 heavy (non-hydrogen) atoms. The normalized spacial score (nSPS) is 26.1. The van der Waals surface area contributed by atoms with Gasteiger partial charge >= 0.3 is 0 Å². The van der Waals surface area contributed by atoms with Crippen LogP contribution in [0.4, 0.5) is 0 Å². The van der Waals surface area contributed by atoms with Gasteiger partial charge in [-0.1, -0.05) is 6.42 Å². The van der Waals surface area contributed by atoms with Crippen LogP contribution in [0.1, 0.15) is 50.2 Å². The molecule has 1 spiro atoms. The highest BCUT2D eigenvalue weighted by Gasteiger charge is 2.42. The predicted octanol–water partition coefficient (Wildman–Crippen LogP) is 0.352. The van der Waals surface area contributed by atoms with Gasteiger partial charge in [0.1, 0.15) is 5.82 Å². The van der Waals surface area contributed by atoms with Gasteiger partial charge in [0.25, 0.3) is 0 Å². The summed E-state index contributed by atoms with van der Waals surface area (Å²) < 4.78 is 2.20. The SMILES string of the molecule is O=C(NCc1nnc2n1CCCCC2)C1CC2(CCNCC2)CN1. The van der Waals surface area contributed by atoms with E-state index in [4.69, 9.17) is 0 Å². The van der Waals surface area contributed by atoms with Gasteiger partial charge in [-0.15, -0.1) is 10.2 Å². The molecule has 7 nitrogen and oxygen atoms in total. The number of nitrogens with zero attached hydrogens (tertiary/aromatic N) is 3. The zero-order chi connectivity index (χ0) is 16.4. The number of hydrogen-bond acceptors (Lipinski definition) is 5. The van der Waals surface area contributed by atoms with Crippen molar-refractivity contribution in [2.24, 2.45) is 5.41 Å². The van der Waals surface area contributed by atoms with Gasteiger partial charge in [-0.2, -0.15) is 0 Å². The largest absolute Gasteiger partial charge is 0.347 e. The molecule has 0 aromatic carbocycles. The molecule has 4 heterocycles. The number of carbonyl (C=O) groups is 1. The van der Waals surface area contributed by atoms with Gasteiger partial charge in [0, 0.05) is 19.5 Å². The molecule has 0 saturated carbocycles. The lowest BCUT2D eigenvalue weighted by molar-refractivity contribution is -0.123. The number of piperidine rings is 1. The number of rotatable bonds is 3. The Morgan fingerprint density at radius 2 is 2.12 bits per heavy atom. The molecule has 4 rings (SSSR count). The van der Waals surface area contributed by atoms with Crippen LogP contribution < -0.4 is 16.0 Å². The maximum atomic E-state index is 12.6. The third kappa shape index (κ3) is 3.19. The average Bonchev–Trinajstić information content (AvgIpc) is 3.10. The van der Waals surface area contributed by atoms with Crippen molar-refractivity contribution in [3.8, 4) is 0 Å². The summed E-state index contributed by atoms with van der Waals surface area (Å²) in [6.45, 7) is 4.57. The van der Waals surface area contributed by atoms with Crippen LogP contribution in [-0.4, -0.2) is 46.3 Å². The van der Waals surface area contributed by atoms with E-state index >= 15 is 0 Å². The van der Waals surface area contributed by atoms with E-state index in [-0.39, 0.29) is 11.9 Å². The molecular formula is C17H28N6O. The Morgan fingerprint density at radius 1 is 1.25 bits per heavy atom. The zero-order valence-corrected chi connectivity index (χ0v) is 14.3. The Morgan fingerprint density at radius 3 is 3.00 bits per heavy atom. The zero-order valence-electron chi connectivity index (χ0n) is 14.3. The van der Waals surface area contributed by atoms with Gasteiger partial charge in [-0.3, -0.25) is 4.79 Å². The van der Waals surface area contributed by atoms with E-state index in [1.54, 1.807) is 0 Å². The fourth-order valence-electron chi connectivity index (χ4n) is 4.41. The van der Waals surface area contributed by atoms with Crippen LogP contribution in [0.2, 0.25) is 0 Å². The van der Waals surface area contributed by atoms with Crippen LogP contribution in [0.3, 0.4) is 0 Å². The monoisotopic (exact) mass is 332 g/mol. The molecule has 3 N–H and O–H groups in total. The first-order valence-corrected chi connectivity index (χ1v) is 9.39. The van der Waals surface area contributed by atoms with Crippen LogP contribution in [0.5, 0.6) is 0 Å². The van der Waals surface area contributed by atoms with Crippen molar-refractivity contribution < 1.29 is 4.79 Å². The molecule has 2 saturated heterocycles. The van der Waals surface area contributed by atoms with Crippen molar-refractivity contribution >= 4 is 5.91 Å². The predicted molar refractivity (Wildman–Crippen MR) is 90.4 cm³/mol. The summed E-state index contributed by atoms with van der Waals surface area (Å²) in [5, 5.41) is 18.5. The lowest BCUT2D eigenvalue weighted by Crippen LogP contribution is -2.40. The number of nitrogens with one attached hydrogen (secondary N) is 3. The molecule has 1 aromatic rings. The van der Waals surface area contributed by atoms with Crippen molar-refractivity contribution in [3.63, 3.8) is 0 Å². The second kappa shape index (κ2) is 6.80. The second-order valence-corrected chi connectivity index (χ2v) is 7.60. The van der Waals surface area contributed by atoms with Crippen molar-refractivity contribution in [1.82, 2.24) is 30.7 Å². The van der Waals surface area contributed by atoms with E-state index in [2.05, 4.69) is 30.7 Å². The van der Waals surface area contributed by atoms with E-state index < -0.39 is 0 Å². The summed E-state index contributed by atoms with van der Waals surface area (Å²) in [7, 11) is 0. The summed E-state index contributed by atoms with van der Waals surface area (Å²) in [5.74, 6) is 2.08. The number of fused-ring (bicyclic) bond motifs is 1. The number of aromatic nitrogens is 3. The highest BCUT2D eigenvalue weighted by Crippen LogP contribution is 2.37. The summed E-state index contributed by atoms with van der Waals surface area (Å²) >= 11 is 0. The lowest BCUT2D eigenvalue weighted by atomic mass is 9.77. The number of amides is 1. The first-order chi connectivity index (χ1) is 11.8. The molecule has 2 fully saturated rings. The lowest BCUT2D eigenvalue weighted by Gasteiger charge is -2.33. The van der Waals surface area contributed by atoms with Crippen LogP contribution >= 0.6 is 0 Å². The molecule has 3 aliphatic rings. The molecule has 1 aromatic heterocycles. The van der Waals surface area contributed by atoms with Gasteiger partial charge in [-0.05, 0) is 50.6 Å². The molecular weight excluding hydrogens is 304 g/mol. The van der Waals surface area contributed by atoms with Gasteiger partial charge in [0.15, 0.2) is 5.82 Å².